The van der Waals surface area contributed by atoms with Gasteiger partial charge in [0.25, 0.3) is 0 Å². The monoisotopic (exact) mass is 115 g/mol. The molecular formula is C2H7Cl2N-2. The molecule has 0 aromatic rings. The Morgan fingerprint density at radius 2 is 1.00 bits per heavy atom. The lowest BCUT2D eigenvalue weighted by atomic mass is 11.3. The van der Waals surface area contributed by atoms with E-state index >= 15 is 0 Å². The van der Waals surface area contributed by atoms with Gasteiger partial charge >= 0.3 is 0 Å². The van der Waals surface area contributed by atoms with E-state index in [0.717, 1.165) is 0 Å². The molecular weight excluding hydrogens is 109 g/mol. The van der Waals surface area contributed by atoms with E-state index in [4.69, 9.17) is 0 Å². The first kappa shape index (κ1) is 17.7. The van der Waals surface area contributed by atoms with Crippen molar-refractivity contribution in [2.45, 2.75) is 0 Å². The van der Waals surface area contributed by atoms with Crippen molar-refractivity contribution in [3.63, 3.8) is 0 Å². The molecule has 0 amide bonds. The summed E-state index contributed by atoms with van der Waals surface area (Å²) in [6.45, 7) is 0. The summed E-state index contributed by atoms with van der Waals surface area (Å²) in [6.07, 6.45) is 0. The first-order valence-corrected chi connectivity index (χ1v) is 1.00. The number of nitrogens with one attached hydrogen (secondary N) is 1. The predicted molar refractivity (Wildman–Crippen MR) is 15.0 cm³/mol. The lowest BCUT2D eigenvalue weighted by molar-refractivity contribution is -0.00100. The quantitative estimate of drug-likeness (QED) is 0.332. The van der Waals surface area contributed by atoms with E-state index in [-0.39, 0.29) is 24.8 Å². The van der Waals surface area contributed by atoms with Crippen LogP contribution in [0, 0.1) is 0 Å². The third kappa shape index (κ3) is 100. The van der Waals surface area contributed by atoms with E-state index in [0.29, 0.717) is 0 Å². The molecule has 0 aromatic heterocycles. The Kier molecular flexibility index (Phi) is 84.9. The maximum absolute atomic E-state index is 2.75. The van der Waals surface area contributed by atoms with Crippen molar-refractivity contribution in [1.82, 2.24) is 5.32 Å². The van der Waals surface area contributed by atoms with Crippen molar-refractivity contribution in [2.24, 2.45) is 0 Å². The molecule has 0 saturated carbocycles. The van der Waals surface area contributed by atoms with Crippen LogP contribution in [0.25, 0.3) is 0 Å². The number of hydrogen-bond acceptors (Lipinski definition) is 1. The third-order valence-electron chi connectivity index (χ3n) is 0. The molecule has 0 aromatic carbocycles. The largest absolute Gasteiger partial charge is 1.00 e. The van der Waals surface area contributed by atoms with Crippen molar-refractivity contribution in [2.75, 3.05) is 14.1 Å². The summed E-state index contributed by atoms with van der Waals surface area (Å²) in [5.74, 6) is 0. The van der Waals surface area contributed by atoms with Gasteiger partial charge in [0.15, 0.2) is 0 Å². The van der Waals surface area contributed by atoms with E-state index in [1.807, 2.05) is 14.1 Å². The molecule has 0 aliphatic heterocycles. The zero-order chi connectivity index (χ0) is 2.71. The van der Waals surface area contributed by atoms with Gasteiger partial charge in [-0.2, -0.15) is 0 Å². The molecule has 0 heterocycles. The van der Waals surface area contributed by atoms with Crippen molar-refractivity contribution in [3.05, 3.63) is 0 Å². The topological polar surface area (TPSA) is 12.0 Å². The van der Waals surface area contributed by atoms with Crippen LogP contribution in [0.1, 0.15) is 0 Å². The Bertz CT molecular complexity index is 7.61. The van der Waals surface area contributed by atoms with Gasteiger partial charge in [-0.1, -0.05) is 0 Å². The van der Waals surface area contributed by atoms with Crippen LogP contribution in [-0.4, -0.2) is 14.1 Å². The Morgan fingerprint density at radius 1 is 1.00 bits per heavy atom. The third-order valence-corrected chi connectivity index (χ3v) is 0. The highest BCUT2D eigenvalue weighted by Gasteiger charge is 1.25. The van der Waals surface area contributed by atoms with Crippen LogP contribution in [0.2, 0.25) is 0 Å². The summed E-state index contributed by atoms with van der Waals surface area (Å²) in [5.41, 5.74) is 0. The van der Waals surface area contributed by atoms with Crippen molar-refractivity contribution < 1.29 is 24.8 Å². The van der Waals surface area contributed by atoms with E-state index in [9.17, 15) is 0 Å². The first-order valence-electron chi connectivity index (χ1n) is 1.00. The zero-order valence-corrected chi connectivity index (χ0v) is 4.77. The van der Waals surface area contributed by atoms with Gasteiger partial charge in [-0.3, -0.25) is 0 Å². The molecule has 0 rings (SSSR count). The van der Waals surface area contributed by atoms with E-state index < -0.39 is 0 Å². The minimum Gasteiger partial charge on any atom is -1.00 e. The van der Waals surface area contributed by atoms with Crippen LogP contribution < -0.4 is 30.1 Å². The Morgan fingerprint density at radius 3 is 1.00 bits per heavy atom. The van der Waals surface area contributed by atoms with E-state index in [2.05, 4.69) is 5.32 Å². The summed E-state index contributed by atoms with van der Waals surface area (Å²) < 4.78 is 0. The molecule has 0 aliphatic carbocycles. The number of halogens is 2. The highest BCUT2D eigenvalue weighted by Crippen LogP contribution is 0.981. The second-order valence-corrected chi connectivity index (χ2v) is 0.500. The smallest absolute Gasteiger partial charge is 0.0167 e. The van der Waals surface area contributed by atoms with Crippen molar-refractivity contribution >= 4 is 0 Å². The van der Waals surface area contributed by atoms with Gasteiger partial charge in [0, 0.05) is 0 Å². The van der Waals surface area contributed by atoms with E-state index in [1.165, 1.54) is 0 Å². The SMILES string of the molecule is CNC.[Cl-].[Cl-]. The van der Waals surface area contributed by atoms with Crippen molar-refractivity contribution in [1.29, 1.82) is 0 Å². The van der Waals surface area contributed by atoms with Crippen LogP contribution in [0.4, 0.5) is 0 Å². The van der Waals surface area contributed by atoms with Crippen molar-refractivity contribution in [3.8, 4) is 0 Å². The summed E-state index contributed by atoms with van der Waals surface area (Å²) >= 11 is 0. The lowest BCUT2D eigenvalue weighted by Gasteiger charge is -1.59. The molecule has 0 radical (unpaired) electrons. The molecule has 0 fully saturated rings. The minimum absolute atomic E-state index is 0. The number of hydrogen-bond donors (Lipinski definition) is 1. The van der Waals surface area contributed by atoms with Gasteiger partial charge in [-0.15, -0.1) is 0 Å². The normalized spacial score (nSPS) is 3.60. The molecule has 5 heavy (non-hydrogen) atoms. The average molecular weight is 116 g/mol. The molecule has 1 nitrogen and oxygen atoms in total. The second kappa shape index (κ2) is 24.0. The summed E-state index contributed by atoms with van der Waals surface area (Å²) in [6, 6.07) is 0. The Labute approximate surface area is 45.0 Å². The predicted octanol–water partition coefficient (Wildman–Crippen LogP) is -6.16. The summed E-state index contributed by atoms with van der Waals surface area (Å²) in [7, 11) is 3.75. The van der Waals surface area contributed by atoms with Gasteiger partial charge in [-0.25, -0.2) is 0 Å². The molecule has 1 N–H and O–H groups in total. The molecule has 0 atom stereocenters. The minimum atomic E-state index is 0. The standard InChI is InChI=1S/C2H7N.2ClH/c1-3-2;;/h3H,1-2H3;2*1H/p-2. The zero-order valence-electron chi connectivity index (χ0n) is 3.26. The van der Waals surface area contributed by atoms with Crippen LogP contribution in [0.3, 0.4) is 0 Å². The molecule has 0 saturated heterocycles. The maximum atomic E-state index is 2.75. The highest BCUT2D eigenvalue weighted by molar-refractivity contribution is 3.91. The second-order valence-electron chi connectivity index (χ2n) is 0.500. The van der Waals surface area contributed by atoms with Gasteiger partial charge in [0.2, 0.25) is 0 Å². The summed E-state index contributed by atoms with van der Waals surface area (Å²) in [4.78, 5) is 0. The molecule has 0 bridgehead atoms. The molecule has 3 heteroatoms. The van der Waals surface area contributed by atoms with Gasteiger partial charge < -0.3 is 30.1 Å². The van der Waals surface area contributed by atoms with Gasteiger partial charge in [0.1, 0.15) is 0 Å². The van der Waals surface area contributed by atoms with Crippen LogP contribution >= 0.6 is 0 Å². The molecule has 0 spiro atoms. The highest BCUT2D eigenvalue weighted by atomic mass is 35.5. The fourth-order valence-corrected chi connectivity index (χ4v) is 0. The average Bonchev–Trinajstić information content (AvgIpc) is 0.918. The molecule has 36 valence electrons. The summed E-state index contributed by atoms with van der Waals surface area (Å²) in [5, 5.41) is 2.75. The van der Waals surface area contributed by atoms with E-state index in [1.54, 1.807) is 0 Å². The van der Waals surface area contributed by atoms with Crippen LogP contribution in [-0.2, 0) is 0 Å². The Balaban J connectivity index is -0.0000000200. The van der Waals surface area contributed by atoms with Crippen LogP contribution in [0.15, 0.2) is 0 Å². The van der Waals surface area contributed by atoms with Gasteiger partial charge in [-0.05, 0) is 14.1 Å². The fourth-order valence-electron chi connectivity index (χ4n) is 0. The molecule has 0 aliphatic rings. The van der Waals surface area contributed by atoms with Gasteiger partial charge in [0.05, 0.1) is 0 Å². The molecule has 0 unspecified atom stereocenters. The van der Waals surface area contributed by atoms with Crippen LogP contribution in [0.5, 0.6) is 0 Å². The first-order chi connectivity index (χ1) is 1.41. The fraction of sp³-hybridized carbons (Fsp3) is 1.00. The maximum Gasteiger partial charge on any atom is -0.0167 e. The number of rotatable bonds is 0. The Hall–Kier alpha value is 0.540. The lowest BCUT2D eigenvalue weighted by Crippen LogP contribution is -3.00.